The highest BCUT2D eigenvalue weighted by Gasteiger charge is 2.16. The summed E-state index contributed by atoms with van der Waals surface area (Å²) in [5.41, 5.74) is 3.74. The molecule has 1 nitrogen and oxygen atoms in total. The number of hydrogen-bond donors (Lipinski definition) is 1. The van der Waals surface area contributed by atoms with Gasteiger partial charge in [-0.25, -0.2) is 0 Å². The lowest BCUT2D eigenvalue weighted by molar-refractivity contribution is 0.591. The van der Waals surface area contributed by atoms with Gasteiger partial charge < -0.3 is 5.32 Å². The third-order valence-corrected chi connectivity index (χ3v) is 4.76. The van der Waals surface area contributed by atoms with Gasteiger partial charge in [0, 0.05) is 16.8 Å². The Bertz CT molecular complexity index is 1050. The highest BCUT2D eigenvalue weighted by Crippen LogP contribution is 2.34. The number of rotatable bonds is 2. The van der Waals surface area contributed by atoms with Crippen molar-refractivity contribution in [3.05, 3.63) is 84.4 Å². The third kappa shape index (κ3) is 3.10. The van der Waals surface area contributed by atoms with E-state index in [1.807, 2.05) is 0 Å². The summed E-state index contributed by atoms with van der Waals surface area (Å²) in [4.78, 5) is 0. The van der Waals surface area contributed by atoms with Crippen molar-refractivity contribution in [2.75, 3.05) is 5.32 Å². The Morgan fingerprint density at radius 2 is 1.32 bits per heavy atom. The first-order valence-corrected chi connectivity index (χ1v) is 8.80. The van der Waals surface area contributed by atoms with Gasteiger partial charge in [0.2, 0.25) is 0 Å². The van der Waals surface area contributed by atoms with Gasteiger partial charge in [-0.2, -0.15) is 0 Å². The van der Waals surface area contributed by atoms with Gasteiger partial charge in [-0.1, -0.05) is 81.4 Å². The molecule has 4 rings (SSSR count). The van der Waals surface area contributed by atoms with Gasteiger partial charge in [-0.3, -0.25) is 0 Å². The second-order valence-corrected chi connectivity index (χ2v) is 7.68. The molecule has 0 atom stereocenters. The van der Waals surface area contributed by atoms with Crippen molar-refractivity contribution in [1.82, 2.24) is 0 Å². The average Bonchev–Trinajstić information content (AvgIpc) is 2.61. The predicted octanol–water partition coefficient (Wildman–Crippen LogP) is 7.03. The van der Waals surface area contributed by atoms with E-state index in [4.69, 9.17) is 0 Å². The van der Waals surface area contributed by atoms with Crippen LogP contribution in [0.2, 0.25) is 0 Å². The molecule has 0 bridgehead atoms. The molecule has 4 aromatic carbocycles. The van der Waals surface area contributed by atoms with Crippen molar-refractivity contribution >= 4 is 32.9 Å². The Morgan fingerprint density at radius 1 is 0.640 bits per heavy atom. The van der Waals surface area contributed by atoms with Crippen molar-refractivity contribution in [2.45, 2.75) is 26.2 Å². The predicted molar refractivity (Wildman–Crippen MR) is 110 cm³/mol. The molecule has 1 heteroatoms. The van der Waals surface area contributed by atoms with Crippen LogP contribution in [-0.2, 0) is 5.41 Å². The van der Waals surface area contributed by atoms with Crippen LogP contribution in [0, 0.1) is 0 Å². The molecule has 0 heterocycles. The molecule has 0 amide bonds. The molecule has 1 N–H and O–H groups in total. The molecular formula is C24H23N. The summed E-state index contributed by atoms with van der Waals surface area (Å²) < 4.78 is 0. The highest BCUT2D eigenvalue weighted by molar-refractivity contribution is 5.97. The SMILES string of the molecule is CC(C)(C)c1cc(Nc2ccc3ccccc3c2)c2ccccc2c1. The fraction of sp³-hybridized carbons (Fsp3) is 0.167. The maximum atomic E-state index is 3.65. The summed E-state index contributed by atoms with van der Waals surface area (Å²) in [5, 5.41) is 8.70. The van der Waals surface area contributed by atoms with E-state index in [1.54, 1.807) is 0 Å². The molecular weight excluding hydrogens is 302 g/mol. The van der Waals surface area contributed by atoms with Crippen molar-refractivity contribution in [3.8, 4) is 0 Å². The van der Waals surface area contributed by atoms with Crippen LogP contribution in [-0.4, -0.2) is 0 Å². The summed E-state index contributed by atoms with van der Waals surface area (Å²) in [6.07, 6.45) is 0. The molecule has 0 aliphatic heterocycles. The minimum atomic E-state index is 0.115. The van der Waals surface area contributed by atoms with Gasteiger partial charge in [0.25, 0.3) is 0 Å². The molecule has 0 saturated heterocycles. The first-order chi connectivity index (χ1) is 12.0. The normalized spacial score (nSPS) is 11.8. The Labute approximate surface area is 149 Å². The van der Waals surface area contributed by atoms with Crippen LogP contribution in [0.3, 0.4) is 0 Å². The van der Waals surface area contributed by atoms with Crippen LogP contribution < -0.4 is 5.32 Å². The summed E-state index contributed by atoms with van der Waals surface area (Å²) >= 11 is 0. The Kier molecular flexibility index (Phi) is 3.73. The molecule has 0 fully saturated rings. The molecule has 0 saturated carbocycles. The summed E-state index contributed by atoms with van der Waals surface area (Å²) in [6, 6.07) is 28.2. The van der Waals surface area contributed by atoms with Crippen molar-refractivity contribution in [2.24, 2.45) is 0 Å². The second kappa shape index (κ2) is 5.93. The van der Waals surface area contributed by atoms with E-state index in [0.717, 1.165) is 5.69 Å². The standard InChI is InChI=1S/C24H23N/c1-24(2,3)20-14-19-10-6-7-11-22(19)23(16-20)25-21-13-12-17-8-4-5-9-18(17)15-21/h4-16,25H,1-3H3. The Morgan fingerprint density at radius 3 is 2.08 bits per heavy atom. The maximum absolute atomic E-state index is 3.65. The number of fused-ring (bicyclic) bond motifs is 2. The highest BCUT2D eigenvalue weighted by atomic mass is 14.9. The number of benzene rings is 4. The monoisotopic (exact) mass is 325 g/mol. The molecule has 0 aliphatic carbocycles. The van der Waals surface area contributed by atoms with Gasteiger partial charge >= 0.3 is 0 Å². The smallest absolute Gasteiger partial charge is 0.0466 e. The van der Waals surface area contributed by atoms with E-state index in [1.165, 1.54) is 32.8 Å². The fourth-order valence-electron chi connectivity index (χ4n) is 3.27. The van der Waals surface area contributed by atoms with E-state index in [9.17, 15) is 0 Å². The van der Waals surface area contributed by atoms with E-state index < -0.39 is 0 Å². The zero-order chi connectivity index (χ0) is 17.4. The van der Waals surface area contributed by atoms with Crippen molar-refractivity contribution in [3.63, 3.8) is 0 Å². The van der Waals surface area contributed by atoms with Crippen LogP contribution in [0.15, 0.2) is 78.9 Å². The second-order valence-electron chi connectivity index (χ2n) is 7.68. The van der Waals surface area contributed by atoms with E-state index in [0.29, 0.717) is 0 Å². The first-order valence-electron chi connectivity index (χ1n) is 8.80. The van der Waals surface area contributed by atoms with Gasteiger partial charge in [0.15, 0.2) is 0 Å². The summed E-state index contributed by atoms with van der Waals surface area (Å²) in [5.74, 6) is 0. The Balaban J connectivity index is 1.84. The Hall–Kier alpha value is -2.80. The van der Waals surface area contributed by atoms with Crippen LogP contribution in [0.25, 0.3) is 21.5 Å². The molecule has 0 spiro atoms. The lowest BCUT2D eigenvalue weighted by Gasteiger charge is -2.22. The van der Waals surface area contributed by atoms with E-state index in [2.05, 4.69) is 105 Å². The van der Waals surface area contributed by atoms with Gasteiger partial charge in [-0.05, 0) is 45.3 Å². The summed E-state index contributed by atoms with van der Waals surface area (Å²) in [6.45, 7) is 6.78. The summed E-state index contributed by atoms with van der Waals surface area (Å²) in [7, 11) is 0. The number of anilines is 2. The van der Waals surface area contributed by atoms with Gasteiger partial charge in [-0.15, -0.1) is 0 Å². The van der Waals surface area contributed by atoms with E-state index in [-0.39, 0.29) is 5.41 Å². The van der Waals surface area contributed by atoms with Gasteiger partial charge in [0.05, 0.1) is 0 Å². The zero-order valence-electron chi connectivity index (χ0n) is 15.0. The minimum Gasteiger partial charge on any atom is -0.355 e. The zero-order valence-corrected chi connectivity index (χ0v) is 15.0. The molecule has 4 aromatic rings. The molecule has 124 valence electrons. The molecule has 0 aromatic heterocycles. The quantitative estimate of drug-likeness (QED) is 0.417. The average molecular weight is 325 g/mol. The topological polar surface area (TPSA) is 12.0 Å². The minimum absolute atomic E-state index is 0.115. The molecule has 25 heavy (non-hydrogen) atoms. The number of nitrogens with one attached hydrogen (secondary N) is 1. The van der Waals surface area contributed by atoms with Crippen LogP contribution in [0.1, 0.15) is 26.3 Å². The molecule has 0 aliphatic rings. The number of hydrogen-bond acceptors (Lipinski definition) is 1. The maximum Gasteiger partial charge on any atom is 0.0466 e. The van der Waals surface area contributed by atoms with Crippen LogP contribution in [0.4, 0.5) is 11.4 Å². The lowest BCUT2D eigenvalue weighted by atomic mass is 9.85. The third-order valence-electron chi connectivity index (χ3n) is 4.76. The lowest BCUT2D eigenvalue weighted by Crippen LogP contribution is -2.11. The fourth-order valence-corrected chi connectivity index (χ4v) is 3.27. The first kappa shape index (κ1) is 15.7. The molecule has 0 radical (unpaired) electrons. The van der Waals surface area contributed by atoms with Crippen LogP contribution in [0.5, 0.6) is 0 Å². The van der Waals surface area contributed by atoms with Gasteiger partial charge in [0.1, 0.15) is 0 Å². The molecule has 0 unspecified atom stereocenters. The van der Waals surface area contributed by atoms with Crippen molar-refractivity contribution < 1.29 is 0 Å². The van der Waals surface area contributed by atoms with Crippen molar-refractivity contribution in [1.29, 1.82) is 0 Å². The largest absolute Gasteiger partial charge is 0.355 e. The van der Waals surface area contributed by atoms with E-state index >= 15 is 0 Å². The van der Waals surface area contributed by atoms with Crippen LogP contribution >= 0.6 is 0 Å².